The first-order chi connectivity index (χ1) is 50.2. The van der Waals surface area contributed by atoms with Crippen molar-refractivity contribution in [2.24, 2.45) is 29.6 Å². The molecule has 0 spiro atoms. The fourth-order valence-corrected chi connectivity index (χ4v) is 9.23. The van der Waals surface area contributed by atoms with Gasteiger partial charge >= 0.3 is 29.8 Å². The standard InChI is InChI=1S/C18H27NO3.C17H25NO4.C17H25NO3.C16H21Cl2NO3.C14H20N2O3/c1-14(2)13-22-18(21)15(3)19-17(20)12-8-7-11-16-9-5-4-6-10-16;1-5-15(17(20)22-11-12(2)3)18-16(19)10-13-7-6-8-14(9-13)21-4;1-13(2)12-21-17(20)14(3)18-16(19)11-7-10-15-8-5-4-6-9-15;1-4-14(16(21)22-9-10(2)3)19-15(20)8-11-5-6-12(17)13(18)7-11;1-10(2)9-19-14(18)11(3)16-13(17)8-12-4-6-15-7-5-12/h4-6,9-10,14-15H,7-8,11-13H2,1-3H3,(H,19,20);6-9,12,15H,5,10-11H2,1-4H3,(H,18,19);4-6,8-9,13-14H,7,10-12H2,1-3H3,(H,18,19);5-7,10,14H,4,8-9H2,1-3H3,(H,19,20);4-7,10-11H,8-9H2,1-3H3,(H,16,17). The summed E-state index contributed by atoms with van der Waals surface area (Å²) in [7, 11) is 1.58. The average molecular weight is 1510 g/mol. The van der Waals surface area contributed by atoms with E-state index in [1.54, 1.807) is 76.7 Å². The molecule has 24 heteroatoms. The Kier molecular flexibility index (Phi) is 49.8. The van der Waals surface area contributed by atoms with Crippen LogP contribution >= 0.6 is 23.2 Å². The molecule has 22 nitrogen and oxygen atoms in total. The molecule has 5 amide bonds. The van der Waals surface area contributed by atoms with Gasteiger partial charge in [-0.2, -0.15) is 0 Å². The van der Waals surface area contributed by atoms with Crippen molar-refractivity contribution < 1.29 is 76.4 Å². The SMILES string of the molecule is CC(C)COC(=O)C(C)NC(=O)CCCCc1ccccc1.CC(C)COC(=O)C(C)NC(=O)CCCc1ccccc1.CC(C)COC(=O)C(C)NC(=O)Cc1ccncc1.CCC(NC(=O)Cc1ccc(Cl)c(Cl)c1)C(=O)OCC(C)C.CCC(NC(=O)Cc1cccc(OC)c1)C(=O)OCC(C)C. The molecule has 106 heavy (non-hydrogen) atoms. The molecule has 0 aliphatic heterocycles. The number of benzene rings is 4. The molecule has 586 valence electrons. The molecule has 0 fully saturated rings. The second-order valence-electron chi connectivity index (χ2n) is 27.6. The maximum absolute atomic E-state index is 12.1. The third-order valence-corrected chi connectivity index (χ3v) is 15.4. The minimum atomic E-state index is -0.631. The lowest BCUT2D eigenvalue weighted by atomic mass is 10.1. The quantitative estimate of drug-likeness (QED) is 0.0139. The molecule has 0 aliphatic rings. The average Bonchev–Trinajstić information content (AvgIpc) is 0.889. The Morgan fingerprint density at radius 3 is 1.09 bits per heavy atom. The first-order valence-electron chi connectivity index (χ1n) is 36.6. The maximum Gasteiger partial charge on any atom is 0.328 e. The molecule has 1 aromatic heterocycles. The third kappa shape index (κ3) is 46.8. The van der Waals surface area contributed by atoms with Crippen LogP contribution < -0.4 is 31.3 Å². The number of hydrogen-bond acceptors (Lipinski definition) is 17. The lowest BCUT2D eigenvalue weighted by Crippen LogP contribution is -2.42. The van der Waals surface area contributed by atoms with Gasteiger partial charge in [-0.3, -0.25) is 29.0 Å². The molecular weight excluding hydrogens is 1400 g/mol. The number of halogens is 2. The highest BCUT2D eigenvalue weighted by Crippen LogP contribution is 2.23. The van der Waals surface area contributed by atoms with E-state index in [2.05, 4.69) is 43.7 Å². The van der Waals surface area contributed by atoms with Gasteiger partial charge < -0.3 is 55.0 Å². The van der Waals surface area contributed by atoms with Crippen LogP contribution in [0.25, 0.3) is 0 Å². The van der Waals surface area contributed by atoms with Crippen molar-refractivity contribution in [3.8, 4) is 5.75 Å². The summed E-state index contributed by atoms with van der Waals surface area (Å²) in [5.74, 6) is -0.708. The number of ether oxygens (including phenoxy) is 6. The zero-order valence-electron chi connectivity index (χ0n) is 65.2. The van der Waals surface area contributed by atoms with Gasteiger partial charge in [0.25, 0.3) is 0 Å². The third-order valence-electron chi connectivity index (χ3n) is 14.7. The van der Waals surface area contributed by atoms with E-state index in [9.17, 15) is 47.9 Å². The molecule has 0 aliphatic carbocycles. The Bertz CT molecular complexity index is 3380. The van der Waals surface area contributed by atoms with Crippen LogP contribution in [0.1, 0.15) is 177 Å². The van der Waals surface area contributed by atoms with Crippen LogP contribution in [-0.2, 0) is 104 Å². The van der Waals surface area contributed by atoms with Crippen LogP contribution in [0.5, 0.6) is 5.75 Å². The highest BCUT2D eigenvalue weighted by Gasteiger charge is 2.24. The summed E-state index contributed by atoms with van der Waals surface area (Å²) >= 11 is 11.7. The number of hydrogen-bond donors (Lipinski definition) is 5. The maximum atomic E-state index is 12.1. The molecule has 5 unspecified atom stereocenters. The van der Waals surface area contributed by atoms with Crippen molar-refractivity contribution in [3.05, 3.63) is 166 Å². The van der Waals surface area contributed by atoms with Crippen LogP contribution in [0.2, 0.25) is 10.0 Å². The van der Waals surface area contributed by atoms with E-state index >= 15 is 0 Å². The summed E-state index contributed by atoms with van der Waals surface area (Å²) < 4.78 is 30.7. The fourth-order valence-electron chi connectivity index (χ4n) is 8.91. The zero-order valence-corrected chi connectivity index (χ0v) is 66.7. The minimum absolute atomic E-state index is 0.0953. The first-order valence-corrected chi connectivity index (χ1v) is 37.3. The largest absolute Gasteiger partial charge is 0.497 e. The Hall–Kier alpha value is -8.89. The van der Waals surface area contributed by atoms with Crippen molar-refractivity contribution >= 4 is 82.6 Å². The van der Waals surface area contributed by atoms with E-state index in [0.29, 0.717) is 86.3 Å². The molecule has 1 heterocycles. The number of nitrogens with zero attached hydrogens (tertiary/aromatic N) is 1. The number of esters is 5. The van der Waals surface area contributed by atoms with Crippen molar-refractivity contribution in [1.82, 2.24) is 31.6 Å². The van der Waals surface area contributed by atoms with Gasteiger partial charge in [-0.1, -0.05) is 185 Å². The Balaban J connectivity index is 0.000000663. The summed E-state index contributed by atoms with van der Waals surface area (Å²) in [5.41, 5.74) is 4.93. The summed E-state index contributed by atoms with van der Waals surface area (Å²) in [6.45, 7) is 30.1. The van der Waals surface area contributed by atoms with E-state index in [1.165, 1.54) is 11.1 Å². The number of methoxy groups -OCH3 is 1. The van der Waals surface area contributed by atoms with Gasteiger partial charge in [-0.25, -0.2) is 24.0 Å². The van der Waals surface area contributed by atoms with Gasteiger partial charge in [-0.15, -0.1) is 0 Å². The lowest BCUT2D eigenvalue weighted by molar-refractivity contribution is -0.149. The van der Waals surface area contributed by atoms with Crippen LogP contribution in [0.3, 0.4) is 0 Å². The predicted octanol–water partition coefficient (Wildman–Crippen LogP) is 13.1. The van der Waals surface area contributed by atoms with Gasteiger partial charge in [0, 0.05) is 25.2 Å². The van der Waals surface area contributed by atoms with Crippen molar-refractivity contribution in [2.45, 2.75) is 211 Å². The normalized spacial score (nSPS) is 12.0. The summed E-state index contributed by atoms with van der Waals surface area (Å²) in [6.07, 6.45) is 10.0. The van der Waals surface area contributed by atoms with Gasteiger partial charge in [0.15, 0.2) is 0 Å². The topological polar surface area (TPSA) is 299 Å². The van der Waals surface area contributed by atoms with E-state index in [-0.39, 0.29) is 84.5 Å². The molecule has 0 bridgehead atoms. The molecule has 5 N–H and O–H groups in total. The smallest absolute Gasteiger partial charge is 0.328 e. The molecule has 5 aromatic rings. The number of unbranched alkanes of at least 4 members (excludes halogenated alkanes) is 1. The van der Waals surface area contributed by atoms with Crippen LogP contribution in [0, 0.1) is 29.6 Å². The number of carbonyl (C=O) groups excluding carboxylic acids is 10. The second kappa shape index (κ2) is 55.5. The van der Waals surface area contributed by atoms with Crippen molar-refractivity contribution in [3.63, 3.8) is 0 Å². The molecule has 4 aromatic carbocycles. The number of nitrogens with one attached hydrogen (secondary N) is 5. The zero-order chi connectivity index (χ0) is 79.5. The van der Waals surface area contributed by atoms with Crippen molar-refractivity contribution in [1.29, 1.82) is 0 Å². The number of pyridine rings is 1. The number of rotatable bonds is 38. The Morgan fingerprint density at radius 2 is 0.708 bits per heavy atom. The molecule has 0 radical (unpaired) electrons. The Morgan fingerprint density at radius 1 is 0.358 bits per heavy atom. The number of carbonyl (C=O) groups is 10. The van der Waals surface area contributed by atoms with E-state index in [1.807, 2.05) is 150 Å². The summed E-state index contributed by atoms with van der Waals surface area (Å²) in [4.78, 5) is 122. The molecular formula is C82H118Cl2N6O16. The molecule has 0 saturated heterocycles. The summed E-state index contributed by atoms with van der Waals surface area (Å²) in [6, 6.07) is 33.1. The minimum Gasteiger partial charge on any atom is -0.497 e. The first kappa shape index (κ1) is 95.1. The fraction of sp³-hybridized carbons (Fsp3) is 0.524. The molecule has 0 saturated carbocycles. The molecule has 5 rings (SSSR count). The summed E-state index contributed by atoms with van der Waals surface area (Å²) in [5, 5.41) is 14.2. The number of aryl methyl sites for hydroxylation is 2. The van der Waals surface area contributed by atoms with Crippen LogP contribution in [-0.4, -0.2) is 135 Å². The van der Waals surface area contributed by atoms with Gasteiger partial charge in [-0.05, 0) is 160 Å². The van der Waals surface area contributed by atoms with Crippen LogP contribution in [0.15, 0.2) is 128 Å². The Labute approximate surface area is 639 Å². The van der Waals surface area contributed by atoms with E-state index in [0.717, 1.165) is 48.8 Å². The molecule has 5 atom stereocenters. The lowest BCUT2D eigenvalue weighted by Gasteiger charge is -2.17. The second-order valence-corrected chi connectivity index (χ2v) is 28.4. The van der Waals surface area contributed by atoms with Crippen molar-refractivity contribution in [2.75, 3.05) is 40.1 Å². The highest BCUT2D eigenvalue weighted by molar-refractivity contribution is 6.42. The number of amides is 5. The van der Waals surface area contributed by atoms with E-state index < -0.39 is 42.1 Å². The van der Waals surface area contributed by atoms with E-state index in [4.69, 9.17) is 51.6 Å². The van der Waals surface area contributed by atoms with Gasteiger partial charge in [0.05, 0.1) is 69.5 Å². The monoisotopic (exact) mass is 1510 g/mol. The van der Waals surface area contributed by atoms with Crippen LogP contribution in [0.4, 0.5) is 0 Å². The van der Waals surface area contributed by atoms with Gasteiger partial charge in [0.1, 0.15) is 36.0 Å². The number of aromatic nitrogens is 1. The van der Waals surface area contributed by atoms with Gasteiger partial charge in [0.2, 0.25) is 29.5 Å². The predicted molar refractivity (Wildman–Crippen MR) is 414 cm³/mol. The highest BCUT2D eigenvalue weighted by atomic mass is 35.5.